The van der Waals surface area contributed by atoms with Gasteiger partial charge in [-0.3, -0.25) is 14.4 Å². The molecule has 0 spiro atoms. The van der Waals surface area contributed by atoms with Crippen LogP contribution in [0.4, 0.5) is 0 Å². The Labute approximate surface area is 159 Å². The summed E-state index contributed by atoms with van der Waals surface area (Å²) in [6, 6.07) is 0. The van der Waals surface area contributed by atoms with Gasteiger partial charge in [0.15, 0.2) is 0 Å². The molecule has 0 fully saturated rings. The Morgan fingerprint density at radius 3 is 2.07 bits per heavy atom. The van der Waals surface area contributed by atoms with Crippen LogP contribution in [0.3, 0.4) is 0 Å². The number of hydrogen-bond donors (Lipinski definition) is 3. The second-order valence-corrected chi connectivity index (χ2v) is 5.27. The molecule has 0 rings (SSSR count). The summed E-state index contributed by atoms with van der Waals surface area (Å²) in [6.45, 7) is 4.11. The maximum Gasteiger partial charge on any atom is 0.246 e. The van der Waals surface area contributed by atoms with Crippen LogP contribution in [-0.2, 0) is 28.6 Å². The van der Waals surface area contributed by atoms with Gasteiger partial charge in [-0.1, -0.05) is 0 Å². The lowest BCUT2D eigenvalue weighted by atomic mass is 10.4. The molecule has 10 heteroatoms. The minimum Gasteiger partial charge on any atom is -0.399 e. The second-order valence-electron chi connectivity index (χ2n) is 5.27. The van der Waals surface area contributed by atoms with Crippen LogP contribution in [0.5, 0.6) is 0 Å². The van der Waals surface area contributed by atoms with Crippen LogP contribution in [0.15, 0.2) is 24.0 Å². The van der Waals surface area contributed by atoms with Gasteiger partial charge in [0.2, 0.25) is 12.3 Å². The van der Waals surface area contributed by atoms with E-state index < -0.39 is 0 Å². The molecule has 10 nitrogen and oxygen atoms in total. The summed E-state index contributed by atoms with van der Waals surface area (Å²) in [5.41, 5.74) is 6.29. The van der Waals surface area contributed by atoms with E-state index in [-0.39, 0.29) is 12.5 Å². The maximum atomic E-state index is 11.6. The van der Waals surface area contributed by atoms with Gasteiger partial charge >= 0.3 is 0 Å². The Balaban J connectivity index is 3.50. The van der Waals surface area contributed by atoms with Gasteiger partial charge in [-0.05, 0) is 6.08 Å². The van der Waals surface area contributed by atoms with E-state index in [1.54, 1.807) is 13.2 Å². The lowest BCUT2D eigenvalue weighted by molar-refractivity contribution is -0.124. The van der Waals surface area contributed by atoms with E-state index in [0.29, 0.717) is 71.1 Å². The molecule has 0 saturated carbocycles. The van der Waals surface area contributed by atoms with Crippen LogP contribution in [0, 0.1) is 0 Å². The van der Waals surface area contributed by atoms with Crippen molar-refractivity contribution in [1.29, 1.82) is 0 Å². The molecule has 0 unspecified atom stereocenters. The molecular weight excluding hydrogens is 356 g/mol. The smallest absolute Gasteiger partial charge is 0.246 e. The van der Waals surface area contributed by atoms with Gasteiger partial charge in [-0.15, -0.1) is 0 Å². The van der Waals surface area contributed by atoms with Crippen LogP contribution >= 0.6 is 0 Å². The molecular formula is C17H30N4O6. The van der Waals surface area contributed by atoms with Crippen molar-refractivity contribution in [3.63, 3.8) is 0 Å². The molecule has 0 atom stereocenters. The van der Waals surface area contributed by atoms with E-state index in [1.165, 1.54) is 11.0 Å². The Bertz CT molecular complexity index is 470. The van der Waals surface area contributed by atoms with E-state index in [4.69, 9.17) is 19.9 Å². The van der Waals surface area contributed by atoms with Gasteiger partial charge in [0.1, 0.15) is 6.29 Å². The molecule has 4 N–H and O–H groups in total. The zero-order chi connectivity index (χ0) is 20.2. The molecule has 154 valence electrons. The molecule has 0 saturated heterocycles. The number of ether oxygens (including phenoxy) is 3. The van der Waals surface area contributed by atoms with Crippen molar-refractivity contribution >= 4 is 18.6 Å². The maximum absolute atomic E-state index is 11.6. The van der Waals surface area contributed by atoms with Crippen LogP contribution in [-0.4, -0.2) is 89.8 Å². The van der Waals surface area contributed by atoms with E-state index >= 15 is 0 Å². The molecule has 0 radical (unpaired) electrons. The third-order valence-electron chi connectivity index (χ3n) is 3.01. The van der Waals surface area contributed by atoms with Crippen LogP contribution in [0.1, 0.15) is 0 Å². The average Bonchev–Trinajstić information content (AvgIpc) is 2.66. The van der Waals surface area contributed by atoms with Gasteiger partial charge in [0.25, 0.3) is 0 Å². The molecule has 27 heavy (non-hydrogen) atoms. The fourth-order valence-corrected chi connectivity index (χ4v) is 1.71. The first kappa shape index (κ1) is 24.6. The standard InChI is InChI=1S/C17H30N4O6/c1-21(17(24)3-2-6-22)14-16(18)13-19-4-7-25-9-11-27-12-10-26-8-5-20-15-23/h2-3,6,13,15,19H,4-5,7-12,14,18H2,1H3,(H,20,23)/b3-2-,16-13-. The van der Waals surface area contributed by atoms with Gasteiger partial charge in [0.05, 0.1) is 46.2 Å². The largest absolute Gasteiger partial charge is 0.399 e. The Kier molecular flexibility index (Phi) is 16.7. The zero-order valence-corrected chi connectivity index (χ0v) is 15.7. The average molecular weight is 386 g/mol. The summed E-state index contributed by atoms with van der Waals surface area (Å²) in [7, 11) is 1.59. The van der Waals surface area contributed by atoms with Crippen molar-refractivity contribution < 1.29 is 28.6 Å². The van der Waals surface area contributed by atoms with Crippen molar-refractivity contribution in [3.05, 3.63) is 24.0 Å². The summed E-state index contributed by atoms with van der Waals surface area (Å²) < 4.78 is 15.9. The van der Waals surface area contributed by atoms with E-state index in [1.807, 2.05) is 0 Å². The lowest BCUT2D eigenvalue weighted by Crippen LogP contribution is -2.30. The third-order valence-corrected chi connectivity index (χ3v) is 3.01. The molecule has 0 bridgehead atoms. The first-order valence-electron chi connectivity index (χ1n) is 8.57. The van der Waals surface area contributed by atoms with Crippen molar-refractivity contribution in [2.45, 2.75) is 0 Å². The van der Waals surface area contributed by atoms with E-state index in [2.05, 4.69) is 10.6 Å². The molecule has 0 aromatic rings. The van der Waals surface area contributed by atoms with Gasteiger partial charge in [-0.2, -0.15) is 0 Å². The summed E-state index contributed by atoms with van der Waals surface area (Å²) in [5.74, 6) is -0.301. The lowest BCUT2D eigenvalue weighted by Gasteiger charge is -2.15. The molecule has 0 aliphatic rings. The number of allylic oxidation sites excluding steroid dienone is 1. The third kappa shape index (κ3) is 16.8. The Morgan fingerprint density at radius 1 is 0.963 bits per heavy atom. The predicted molar refractivity (Wildman–Crippen MR) is 99.6 cm³/mol. The molecule has 0 aliphatic carbocycles. The van der Waals surface area contributed by atoms with Crippen molar-refractivity contribution in [2.75, 3.05) is 66.3 Å². The highest BCUT2D eigenvalue weighted by atomic mass is 16.5. The number of amides is 2. The number of nitrogens with one attached hydrogen (secondary N) is 2. The summed E-state index contributed by atoms with van der Waals surface area (Å²) in [4.78, 5) is 33.1. The van der Waals surface area contributed by atoms with Crippen LogP contribution in [0.2, 0.25) is 0 Å². The number of hydrogen-bond acceptors (Lipinski definition) is 8. The second kappa shape index (κ2) is 18.4. The number of carbonyl (C=O) groups is 3. The number of aldehydes is 1. The highest BCUT2D eigenvalue weighted by molar-refractivity contribution is 5.90. The highest BCUT2D eigenvalue weighted by Gasteiger charge is 2.05. The van der Waals surface area contributed by atoms with E-state index in [0.717, 1.165) is 6.08 Å². The number of carbonyl (C=O) groups excluding carboxylic acids is 3. The first-order chi connectivity index (χ1) is 13.1. The normalized spacial score (nSPS) is 11.4. The monoisotopic (exact) mass is 386 g/mol. The van der Waals surface area contributed by atoms with Crippen LogP contribution < -0.4 is 16.4 Å². The van der Waals surface area contributed by atoms with Crippen molar-refractivity contribution in [3.8, 4) is 0 Å². The number of rotatable bonds is 18. The number of likely N-dealkylation sites (N-methyl/N-ethyl adjacent to an activating group) is 1. The highest BCUT2D eigenvalue weighted by Crippen LogP contribution is 1.91. The summed E-state index contributed by atoms with van der Waals surface area (Å²) in [6.07, 6.45) is 5.11. The fraction of sp³-hybridized carbons (Fsp3) is 0.588. The summed E-state index contributed by atoms with van der Waals surface area (Å²) in [5, 5.41) is 5.49. The number of nitrogens with two attached hydrogens (primary N) is 1. The molecule has 0 aromatic carbocycles. The van der Waals surface area contributed by atoms with Gasteiger partial charge in [0, 0.05) is 38.1 Å². The van der Waals surface area contributed by atoms with Crippen molar-refractivity contribution in [1.82, 2.24) is 15.5 Å². The first-order valence-corrected chi connectivity index (χ1v) is 8.57. The van der Waals surface area contributed by atoms with E-state index in [9.17, 15) is 14.4 Å². The topological polar surface area (TPSA) is 132 Å². The molecule has 0 heterocycles. The predicted octanol–water partition coefficient (Wildman–Crippen LogP) is -1.61. The minimum absolute atomic E-state index is 0.247. The number of nitrogens with zero attached hydrogens (tertiary/aromatic N) is 1. The zero-order valence-electron chi connectivity index (χ0n) is 15.7. The Hall–Kier alpha value is -2.43. The summed E-state index contributed by atoms with van der Waals surface area (Å²) >= 11 is 0. The van der Waals surface area contributed by atoms with Crippen molar-refractivity contribution in [2.24, 2.45) is 5.73 Å². The SMILES string of the molecule is CN(C/C(N)=C/NCCOCCOCCOCCNC=O)C(=O)/C=C\C=O. The fourth-order valence-electron chi connectivity index (χ4n) is 1.71. The molecule has 2 amide bonds. The Morgan fingerprint density at radius 2 is 1.52 bits per heavy atom. The molecule has 0 aliphatic heterocycles. The minimum atomic E-state index is -0.301. The van der Waals surface area contributed by atoms with Gasteiger partial charge in [-0.25, -0.2) is 0 Å². The van der Waals surface area contributed by atoms with Crippen LogP contribution in [0.25, 0.3) is 0 Å². The quantitative estimate of drug-likeness (QED) is 0.146. The van der Waals surface area contributed by atoms with Gasteiger partial charge < -0.3 is 35.5 Å². The molecule has 0 aromatic heterocycles.